The smallest absolute Gasteiger partial charge is 0.295 e. The van der Waals surface area contributed by atoms with Gasteiger partial charge in [-0.2, -0.15) is 0 Å². The molecule has 0 spiro atoms. The lowest BCUT2D eigenvalue weighted by atomic mass is 9.91. The molecule has 0 radical (unpaired) electrons. The van der Waals surface area contributed by atoms with Crippen molar-refractivity contribution in [2.45, 2.75) is 31.9 Å². The second-order valence-electron chi connectivity index (χ2n) is 8.52. The summed E-state index contributed by atoms with van der Waals surface area (Å²) in [6, 6.07) is 20.4. The Bertz CT molecular complexity index is 1220. The third-order valence-electron chi connectivity index (χ3n) is 6.41. The van der Waals surface area contributed by atoms with E-state index >= 15 is 0 Å². The Kier molecular flexibility index (Phi) is 5.27. The molecule has 162 valence electrons. The Labute approximate surface area is 186 Å². The van der Waals surface area contributed by atoms with E-state index in [0.29, 0.717) is 18.7 Å². The first-order valence-electron chi connectivity index (χ1n) is 11.0. The van der Waals surface area contributed by atoms with Crippen LogP contribution in [0.2, 0.25) is 0 Å². The average molecular weight is 428 g/mol. The molecule has 5 heteroatoms. The number of hydrogen-bond donors (Lipinski definition) is 1. The van der Waals surface area contributed by atoms with Gasteiger partial charge < -0.3 is 14.7 Å². The van der Waals surface area contributed by atoms with Crippen molar-refractivity contribution in [3.05, 3.63) is 89.0 Å². The van der Waals surface area contributed by atoms with Gasteiger partial charge in [-0.15, -0.1) is 0 Å². The van der Waals surface area contributed by atoms with Crippen LogP contribution in [-0.2, 0) is 14.3 Å². The number of amides is 1. The Hall–Kier alpha value is -3.44. The van der Waals surface area contributed by atoms with Crippen LogP contribution < -0.4 is 0 Å². The molecule has 0 saturated carbocycles. The minimum atomic E-state index is -0.674. The molecule has 2 unspecified atom stereocenters. The highest BCUT2D eigenvalue weighted by Gasteiger charge is 2.47. The molecule has 5 nitrogen and oxygen atoms in total. The van der Waals surface area contributed by atoms with Crippen LogP contribution >= 0.6 is 0 Å². The summed E-state index contributed by atoms with van der Waals surface area (Å²) < 4.78 is 5.78. The molecule has 1 amide bonds. The maximum atomic E-state index is 13.2. The summed E-state index contributed by atoms with van der Waals surface area (Å²) in [6.07, 6.45) is 1.69. The molecule has 0 aromatic heterocycles. The van der Waals surface area contributed by atoms with Crippen molar-refractivity contribution in [1.29, 1.82) is 0 Å². The number of aryl methyl sites for hydroxylation is 1. The Balaban J connectivity index is 1.70. The number of carbonyl (C=O) groups is 2. The van der Waals surface area contributed by atoms with Gasteiger partial charge in [-0.05, 0) is 36.1 Å². The van der Waals surface area contributed by atoms with Crippen molar-refractivity contribution in [3.8, 4) is 0 Å². The Morgan fingerprint density at radius 3 is 2.53 bits per heavy atom. The van der Waals surface area contributed by atoms with Crippen LogP contribution in [0.15, 0.2) is 72.3 Å². The summed E-state index contributed by atoms with van der Waals surface area (Å²) in [6.45, 7) is 2.94. The molecule has 3 aromatic rings. The third kappa shape index (κ3) is 3.49. The number of hydrogen-bond acceptors (Lipinski definition) is 4. The SMILES string of the molecule is Cc1ccc(/C(O)=C2/C(=O)C(=O)N(CC3CCCO3)C2c2cccc3ccccc23)cc1. The lowest BCUT2D eigenvalue weighted by Crippen LogP contribution is -2.36. The number of carbonyl (C=O) groups excluding carboxylic acids is 2. The van der Waals surface area contributed by atoms with Crippen molar-refractivity contribution in [2.24, 2.45) is 0 Å². The lowest BCUT2D eigenvalue weighted by Gasteiger charge is -2.28. The molecule has 0 aliphatic carbocycles. The fourth-order valence-electron chi connectivity index (χ4n) is 4.76. The zero-order valence-corrected chi connectivity index (χ0v) is 18.0. The molecule has 2 saturated heterocycles. The van der Waals surface area contributed by atoms with Gasteiger partial charge >= 0.3 is 0 Å². The second-order valence-corrected chi connectivity index (χ2v) is 8.52. The number of likely N-dealkylation sites (tertiary alicyclic amines) is 1. The standard InChI is InChI=1S/C27H25NO4/c1-17-11-13-19(14-12-17)25(29)23-24(22-10-4-7-18-6-2-3-9-21(18)22)28(27(31)26(23)30)16-20-8-5-15-32-20/h2-4,6-7,9-14,20,24,29H,5,8,15-16H2,1H3/b25-23-. The zero-order chi connectivity index (χ0) is 22.2. The summed E-state index contributed by atoms with van der Waals surface area (Å²) in [5.41, 5.74) is 2.53. The molecule has 2 heterocycles. The van der Waals surface area contributed by atoms with Crippen molar-refractivity contribution in [3.63, 3.8) is 0 Å². The maximum absolute atomic E-state index is 13.2. The molecule has 32 heavy (non-hydrogen) atoms. The minimum Gasteiger partial charge on any atom is -0.507 e. The van der Waals surface area contributed by atoms with Crippen molar-refractivity contribution in [2.75, 3.05) is 13.2 Å². The number of fused-ring (bicyclic) bond motifs is 1. The highest BCUT2D eigenvalue weighted by Crippen LogP contribution is 2.42. The molecule has 0 bridgehead atoms. The van der Waals surface area contributed by atoms with Gasteiger partial charge in [0.2, 0.25) is 0 Å². The number of nitrogens with zero attached hydrogens (tertiary/aromatic N) is 1. The van der Waals surface area contributed by atoms with Crippen LogP contribution in [-0.4, -0.2) is 41.0 Å². The molecule has 2 fully saturated rings. The highest BCUT2D eigenvalue weighted by atomic mass is 16.5. The van der Waals surface area contributed by atoms with E-state index in [9.17, 15) is 14.7 Å². The number of benzene rings is 3. The van der Waals surface area contributed by atoms with Crippen LogP contribution in [0.5, 0.6) is 0 Å². The summed E-state index contributed by atoms with van der Waals surface area (Å²) in [5.74, 6) is -1.39. The number of aliphatic hydroxyl groups excluding tert-OH is 1. The van der Waals surface area contributed by atoms with Crippen molar-refractivity contribution < 1.29 is 19.4 Å². The van der Waals surface area contributed by atoms with Crippen LogP contribution in [0.4, 0.5) is 0 Å². The molecule has 3 aromatic carbocycles. The van der Waals surface area contributed by atoms with Crippen molar-refractivity contribution in [1.82, 2.24) is 4.90 Å². The first-order valence-corrected chi connectivity index (χ1v) is 11.0. The number of ketones is 1. The van der Waals surface area contributed by atoms with Crippen molar-refractivity contribution >= 4 is 28.2 Å². The van der Waals surface area contributed by atoms with Gasteiger partial charge in [0, 0.05) is 18.7 Å². The van der Waals surface area contributed by atoms with Gasteiger partial charge in [0.25, 0.3) is 11.7 Å². The summed E-state index contributed by atoms with van der Waals surface area (Å²) in [5, 5.41) is 13.2. The number of Topliss-reactive ketones (excluding diaryl/α,β-unsaturated/α-hetero) is 1. The molecular formula is C27H25NO4. The molecule has 2 aliphatic heterocycles. The first kappa shape index (κ1) is 20.5. The number of ether oxygens (including phenoxy) is 1. The van der Waals surface area contributed by atoms with E-state index in [-0.39, 0.29) is 17.4 Å². The molecule has 2 aliphatic rings. The van der Waals surface area contributed by atoms with Gasteiger partial charge in [-0.25, -0.2) is 0 Å². The van der Waals surface area contributed by atoms with Gasteiger partial charge in [-0.1, -0.05) is 72.3 Å². The number of rotatable bonds is 4. The normalized spacial score (nSPS) is 22.7. The second kappa shape index (κ2) is 8.24. The third-order valence-corrected chi connectivity index (χ3v) is 6.41. The number of aliphatic hydroxyl groups is 1. The van der Waals surface area contributed by atoms with E-state index in [1.165, 1.54) is 0 Å². The molecule has 2 atom stereocenters. The van der Waals surface area contributed by atoms with Gasteiger partial charge in [0.05, 0.1) is 17.7 Å². The quantitative estimate of drug-likeness (QED) is 0.371. The predicted octanol–water partition coefficient (Wildman–Crippen LogP) is 4.75. The predicted molar refractivity (Wildman–Crippen MR) is 123 cm³/mol. The summed E-state index contributed by atoms with van der Waals surface area (Å²) in [7, 11) is 0. The lowest BCUT2D eigenvalue weighted by molar-refractivity contribution is -0.140. The molecule has 5 rings (SSSR count). The van der Waals surface area contributed by atoms with Gasteiger partial charge in [0.1, 0.15) is 5.76 Å². The van der Waals surface area contributed by atoms with Crippen LogP contribution in [0.1, 0.15) is 35.6 Å². The van der Waals surface area contributed by atoms with Crippen LogP contribution in [0.3, 0.4) is 0 Å². The summed E-state index contributed by atoms with van der Waals surface area (Å²) >= 11 is 0. The topological polar surface area (TPSA) is 66.8 Å². The van der Waals surface area contributed by atoms with Gasteiger partial charge in [-0.3, -0.25) is 9.59 Å². The van der Waals surface area contributed by atoms with Gasteiger partial charge in [0.15, 0.2) is 0 Å². The van der Waals surface area contributed by atoms with E-state index in [1.54, 1.807) is 17.0 Å². The summed E-state index contributed by atoms with van der Waals surface area (Å²) in [4.78, 5) is 28.0. The fraction of sp³-hybridized carbons (Fsp3) is 0.259. The van der Waals surface area contributed by atoms with E-state index in [0.717, 1.165) is 34.7 Å². The van der Waals surface area contributed by atoms with Crippen LogP contribution in [0, 0.1) is 6.92 Å². The molecular weight excluding hydrogens is 402 g/mol. The largest absolute Gasteiger partial charge is 0.507 e. The maximum Gasteiger partial charge on any atom is 0.295 e. The fourth-order valence-corrected chi connectivity index (χ4v) is 4.76. The zero-order valence-electron chi connectivity index (χ0n) is 18.0. The van der Waals surface area contributed by atoms with E-state index in [2.05, 4.69) is 0 Å². The van der Waals surface area contributed by atoms with E-state index < -0.39 is 17.7 Å². The minimum absolute atomic E-state index is 0.106. The highest BCUT2D eigenvalue weighted by molar-refractivity contribution is 6.46. The first-order chi connectivity index (χ1) is 15.5. The van der Waals surface area contributed by atoms with Crippen LogP contribution in [0.25, 0.3) is 16.5 Å². The van der Waals surface area contributed by atoms with E-state index in [4.69, 9.17) is 4.74 Å². The Morgan fingerprint density at radius 1 is 1.03 bits per heavy atom. The van der Waals surface area contributed by atoms with E-state index in [1.807, 2.05) is 61.5 Å². The molecule has 1 N–H and O–H groups in total. The Morgan fingerprint density at radius 2 is 1.78 bits per heavy atom. The average Bonchev–Trinajstić information content (AvgIpc) is 3.41. The monoisotopic (exact) mass is 427 g/mol.